The van der Waals surface area contributed by atoms with Crippen LogP contribution in [-0.4, -0.2) is 20.8 Å². The lowest BCUT2D eigenvalue weighted by Gasteiger charge is -2.11. The quantitative estimate of drug-likeness (QED) is 0.750. The van der Waals surface area contributed by atoms with E-state index in [0.717, 1.165) is 12.0 Å². The van der Waals surface area contributed by atoms with Gasteiger partial charge < -0.3 is 4.74 Å². The predicted molar refractivity (Wildman–Crippen MR) is 77.5 cm³/mol. The third kappa shape index (κ3) is 8.21. The summed E-state index contributed by atoms with van der Waals surface area (Å²) in [6.07, 6.45) is 1.38. The first-order valence-corrected chi connectivity index (χ1v) is 8.29. The van der Waals surface area contributed by atoms with Crippen molar-refractivity contribution in [1.29, 1.82) is 0 Å². The van der Waals surface area contributed by atoms with Crippen LogP contribution in [0.4, 0.5) is 0 Å². The molecule has 1 aromatic rings. The van der Waals surface area contributed by atoms with E-state index in [1.807, 2.05) is 31.2 Å². The van der Waals surface area contributed by atoms with E-state index < -0.39 is 10.0 Å². The number of halogens is 1. The molecule has 0 radical (unpaired) electrons. The zero-order valence-corrected chi connectivity index (χ0v) is 12.6. The number of nitrogens with two attached hydrogens (primary N) is 1. The van der Waals surface area contributed by atoms with Gasteiger partial charge in [-0.15, -0.1) is 0 Å². The van der Waals surface area contributed by atoms with E-state index >= 15 is 0 Å². The van der Waals surface area contributed by atoms with Crippen LogP contribution < -0.4 is 5.14 Å². The summed E-state index contributed by atoms with van der Waals surface area (Å²) in [5, 5.41) is 5.65. The number of hydrogen-bond donors (Lipinski definition) is 1. The Bertz CT molecular complexity index is 490. The Morgan fingerprint density at radius 3 is 2.74 bits per heavy atom. The van der Waals surface area contributed by atoms with Crippen molar-refractivity contribution in [2.24, 2.45) is 11.1 Å². The standard InChI is InChI=1S/C13H20ClNO3S/c1-11(6-8-19(15,16)17)5-7-18-10-12-3-2-4-13(14)9-12/h2-4,9,11H,5-8,10H2,1H3,(H2,15,16,17). The van der Waals surface area contributed by atoms with Gasteiger partial charge in [0.2, 0.25) is 10.0 Å². The molecular formula is C13H20ClNO3S. The van der Waals surface area contributed by atoms with Crippen LogP contribution in [0.25, 0.3) is 0 Å². The molecule has 19 heavy (non-hydrogen) atoms. The lowest BCUT2D eigenvalue weighted by atomic mass is 10.1. The van der Waals surface area contributed by atoms with Crippen molar-refractivity contribution in [2.45, 2.75) is 26.4 Å². The third-order valence-corrected chi connectivity index (χ3v) is 3.85. The van der Waals surface area contributed by atoms with E-state index in [-0.39, 0.29) is 11.7 Å². The molecule has 1 atom stereocenters. The summed E-state index contributed by atoms with van der Waals surface area (Å²) in [6, 6.07) is 7.53. The molecule has 4 nitrogen and oxygen atoms in total. The Balaban J connectivity index is 2.17. The fourth-order valence-electron chi connectivity index (χ4n) is 1.61. The summed E-state index contributed by atoms with van der Waals surface area (Å²) in [5.74, 6) is 0.306. The highest BCUT2D eigenvalue weighted by molar-refractivity contribution is 7.89. The molecule has 0 amide bonds. The monoisotopic (exact) mass is 305 g/mol. The van der Waals surface area contributed by atoms with Crippen LogP contribution >= 0.6 is 11.6 Å². The van der Waals surface area contributed by atoms with Crippen LogP contribution in [0.15, 0.2) is 24.3 Å². The van der Waals surface area contributed by atoms with Gasteiger partial charge >= 0.3 is 0 Å². The van der Waals surface area contributed by atoms with Gasteiger partial charge in [0.05, 0.1) is 12.4 Å². The van der Waals surface area contributed by atoms with E-state index in [0.29, 0.717) is 24.7 Å². The highest BCUT2D eigenvalue weighted by Crippen LogP contribution is 2.13. The number of primary sulfonamides is 1. The average Bonchev–Trinajstić information content (AvgIpc) is 2.31. The lowest BCUT2D eigenvalue weighted by Crippen LogP contribution is -2.18. The molecule has 0 fully saturated rings. The maximum Gasteiger partial charge on any atom is 0.209 e. The number of ether oxygens (including phenoxy) is 1. The highest BCUT2D eigenvalue weighted by Gasteiger charge is 2.08. The first kappa shape index (κ1) is 16.4. The maximum absolute atomic E-state index is 10.8. The van der Waals surface area contributed by atoms with Gasteiger partial charge in [-0.25, -0.2) is 13.6 Å². The molecule has 0 bridgehead atoms. The molecular weight excluding hydrogens is 286 g/mol. The van der Waals surface area contributed by atoms with Gasteiger partial charge in [0, 0.05) is 11.6 Å². The van der Waals surface area contributed by atoms with Crippen molar-refractivity contribution < 1.29 is 13.2 Å². The van der Waals surface area contributed by atoms with Crippen LogP contribution in [0.5, 0.6) is 0 Å². The van der Waals surface area contributed by atoms with Gasteiger partial charge in [-0.3, -0.25) is 0 Å². The van der Waals surface area contributed by atoms with E-state index in [2.05, 4.69) is 0 Å². The van der Waals surface area contributed by atoms with E-state index in [9.17, 15) is 8.42 Å². The second-order valence-electron chi connectivity index (χ2n) is 4.73. The van der Waals surface area contributed by atoms with Crippen LogP contribution in [0.3, 0.4) is 0 Å². The first-order valence-electron chi connectivity index (χ1n) is 6.19. The first-order chi connectivity index (χ1) is 8.87. The topological polar surface area (TPSA) is 69.4 Å². The molecule has 0 aliphatic heterocycles. The largest absolute Gasteiger partial charge is 0.377 e. The minimum atomic E-state index is -3.35. The Labute approximate surface area is 120 Å². The average molecular weight is 306 g/mol. The summed E-state index contributed by atoms with van der Waals surface area (Å²) in [6.45, 7) is 3.11. The number of benzene rings is 1. The summed E-state index contributed by atoms with van der Waals surface area (Å²) < 4.78 is 27.2. The highest BCUT2D eigenvalue weighted by atomic mass is 35.5. The van der Waals surface area contributed by atoms with Crippen molar-refractivity contribution in [1.82, 2.24) is 0 Å². The summed E-state index contributed by atoms with van der Waals surface area (Å²) in [7, 11) is -3.35. The molecule has 0 aliphatic carbocycles. The van der Waals surface area contributed by atoms with Gasteiger partial charge in [0.15, 0.2) is 0 Å². The normalized spacial score (nSPS) is 13.4. The van der Waals surface area contributed by atoms with Crippen molar-refractivity contribution >= 4 is 21.6 Å². The molecule has 0 saturated heterocycles. The van der Waals surface area contributed by atoms with E-state index in [1.54, 1.807) is 0 Å². The minimum absolute atomic E-state index is 0.0302. The Morgan fingerprint density at radius 1 is 1.37 bits per heavy atom. The Kier molecular flexibility index (Phi) is 6.79. The second kappa shape index (κ2) is 7.85. The smallest absolute Gasteiger partial charge is 0.209 e. The SMILES string of the molecule is CC(CCOCc1cccc(Cl)c1)CCS(N)(=O)=O. The molecule has 6 heteroatoms. The van der Waals surface area contributed by atoms with Crippen LogP contribution in [-0.2, 0) is 21.4 Å². The molecule has 0 saturated carbocycles. The molecule has 0 spiro atoms. The predicted octanol–water partition coefficient (Wildman–Crippen LogP) is 2.56. The van der Waals surface area contributed by atoms with Crippen LogP contribution in [0, 0.1) is 5.92 Å². The zero-order valence-electron chi connectivity index (χ0n) is 11.0. The van der Waals surface area contributed by atoms with Gasteiger partial charge in [0.1, 0.15) is 0 Å². The second-order valence-corrected chi connectivity index (χ2v) is 6.90. The molecule has 1 unspecified atom stereocenters. The maximum atomic E-state index is 10.8. The van der Waals surface area contributed by atoms with Crippen molar-refractivity contribution in [3.63, 3.8) is 0 Å². The molecule has 1 rings (SSSR count). The zero-order chi connectivity index (χ0) is 14.3. The van der Waals surface area contributed by atoms with Gasteiger partial charge in [-0.05, 0) is 36.5 Å². The number of rotatable bonds is 8. The third-order valence-electron chi connectivity index (χ3n) is 2.81. The molecule has 1 aromatic carbocycles. The van der Waals surface area contributed by atoms with Crippen LogP contribution in [0.2, 0.25) is 5.02 Å². The summed E-state index contributed by atoms with van der Waals surface area (Å²) in [5.41, 5.74) is 1.03. The number of hydrogen-bond acceptors (Lipinski definition) is 3. The van der Waals surface area contributed by atoms with E-state index in [1.165, 1.54) is 0 Å². The van der Waals surface area contributed by atoms with E-state index in [4.69, 9.17) is 21.5 Å². The molecule has 0 aliphatic rings. The van der Waals surface area contributed by atoms with Gasteiger partial charge in [0.25, 0.3) is 0 Å². The fourth-order valence-corrected chi connectivity index (χ4v) is 2.55. The lowest BCUT2D eigenvalue weighted by molar-refractivity contribution is 0.108. The van der Waals surface area contributed by atoms with Crippen molar-refractivity contribution in [3.8, 4) is 0 Å². The summed E-state index contributed by atoms with van der Waals surface area (Å²) in [4.78, 5) is 0. The Hall–Kier alpha value is -0.620. The molecule has 108 valence electrons. The van der Waals surface area contributed by atoms with Crippen molar-refractivity contribution in [3.05, 3.63) is 34.9 Å². The van der Waals surface area contributed by atoms with Crippen LogP contribution in [0.1, 0.15) is 25.3 Å². The van der Waals surface area contributed by atoms with Gasteiger partial charge in [-0.1, -0.05) is 30.7 Å². The van der Waals surface area contributed by atoms with Crippen molar-refractivity contribution in [2.75, 3.05) is 12.4 Å². The van der Waals surface area contributed by atoms with Gasteiger partial charge in [-0.2, -0.15) is 0 Å². The fraction of sp³-hybridized carbons (Fsp3) is 0.538. The molecule has 2 N–H and O–H groups in total. The summed E-state index contributed by atoms with van der Waals surface area (Å²) >= 11 is 5.87. The molecule has 0 aromatic heterocycles. The molecule has 0 heterocycles. The Morgan fingerprint density at radius 2 is 2.11 bits per heavy atom. The number of sulfonamides is 1. The minimum Gasteiger partial charge on any atom is -0.377 e.